The number of esters is 1. The maximum absolute atomic E-state index is 12.7. The molecule has 2 aromatic heterocycles. The fraction of sp³-hybridized carbons (Fsp3) is 0.348. The molecule has 0 unspecified atom stereocenters. The lowest BCUT2D eigenvalue weighted by Crippen LogP contribution is -2.38. The van der Waals surface area contributed by atoms with Gasteiger partial charge in [-0.05, 0) is 49.7 Å². The van der Waals surface area contributed by atoms with Gasteiger partial charge in [-0.2, -0.15) is 5.10 Å². The van der Waals surface area contributed by atoms with E-state index in [1.54, 1.807) is 12.3 Å². The van der Waals surface area contributed by atoms with Crippen LogP contribution in [-0.4, -0.2) is 39.9 Å². The highest BCUT2D eigenvalue weighted by molar-refractivity contribution is 6.30. The van der Waals surface area contributed by atoms with E-state index in [0.29, 0.717) is 17.1 Å². The quantitative estimate of drug-likeness (QED) is 0.567. The van der Waals surface area contributed by atoms with Crippen molar-refractivity contribution >= 4 is 23.4 Å². The third kappa shape index (κ3) is 4.82. The molecule has 0 spiro atoms. The minimum Gasteiger partial charge on any atom is -0.459 e. The first-order valence-electron chi connectivity index (χ1n) is 10.2. The van der Waals surface area contributed by atoms with Crippen LogP contribution in [0.1, 0.15) is 40.2 Å². The molecule has 1 saturated heterocycles. The van der Waals surface area contributed by atoms with Gasteiger partial charge in [-0.3, -0.25) is 4.68 Å². The van der Waals surface area contributed by atoms with E-state index in [4.69, 9.17) is 16.3 Å². The average Bonchev–Trinajstić information content (AvgIpc) is 3.06. The van der Waals surface area contributed by atoms with Crippen molar-refractivity contribution in [1.29, 1.82) is 0 Å². The van der Waals surface area contributed by atoms with Crippen molar-refractivity contribution in [3.8, 4) is 0 Å². The van der Waals surface area contributed by atoms with E-state index in [1.165, 1.54) is 0 Å². The maximum atomic E-state index is 12.7. The second kappa shape index (κ2) is 8.88. The van der Waals surface area contributed by atoms with Gasteiger partial charge in [0, 0.05) is 37.8 Å². The van der Waals surface area contributed by atoms with Gasteiger partial charge in [0.1, 0.15) is 11.9 Å². The molecule has 1 aromatic carbocycles. The first kappa shape index (κ1) is 20.4. The number of rotatable bonds is 5. The summed E-state index contributed by atoms with van der Waals surface area (Å²) in [5.74, 6) is 0.634. The summed E-state index contributed by atoms with van der Waals surface area (Å²) in [5, 5.41) is 5.12. The number of hydrogen-bond acceptors (Lipinski definition) is 5. The molecule has 156 valence electrons. The summed E-state index contributed by atoms with van der Waals surface area (Å²) in [6.07, 6.45) is 3.13. The molecule has 3 heterocycles. The van der Waals surface area contributed by atoms with Crippen molar-refractivity contribution < 1.29 is 9.53 Å². The molecule has 0 saturated carbocycles. The molecule has 0 amide bonds. The molecule has 0 aliphatic carbocycles. The number of ether oxygens (including phenoxy) is 1. The molecule has 1 aliphatic rings. The fourth-order valence-corrected chi connectivity index (χ4v) is 3.89. The number of carbonyl (C=O) groups excluding carboxylic acids is 1. The van der Waals surface area contributed by atoms with Crippen LogP contribution < -0.4 is 4.90 Å². The minimum absolute atomic E-state index is 0.0827. The zero-order valence-electron chi connectivity index (χ0n) is 17.2. The maximum Gasteiger partial charge on any atom is 0.338 e. The molecule has 3 aromatic rings. The number of pyridine rings is 1. The minimum atomic E-state index is -0.270. The van der Waals surface area contributed by atoms with E-state index >= 15 is 0 Å². The van der Waals surface area contributed by atoms with Gasteiger partial charge in [0.15, 0.2) is 0 Å². The van der Waals surface area contributed by atoms with Gasteiger partial charge >= 0.3 is 5.97 Å². The summed E-state index contributed by atoms with van der Waals surface area (Å²) in [6.45, 7) is 6.23. The van der Waals surface area contributed by atoms with Crippen molar-refractivity contribution in [3.05, 3.63) is 76.2 Å². The normalized spacial score (nSPS) is 14.7. The first-order chi connectivity index (χ1) is 14.5. The molecule has 30 heavy (non-hydrogen) atoms. The summed E-state index contributed by atoms with van der Waals surface area (Å²) in [6, 6.07) is 13.4. The van der Waals surface area contributed by atoms with Crippen LogP contribution in [0.25, 0.3) is 0 Å². The van der Waals surface area contributed by atoms with Crippen molar-refractivity contribution in [2.45, 2.75) is 39.3 Å². The lowest BCUT2D eigenvalue weighted by molar-refractivity contribution is 0.0244. The zero-order valence-corrected chi connectivity index (χ0v) is 18.0. The van der Waals surface area contributed by atoms with Gasteiger partial charge in [0.05, 0.1) is 22.8 Å². The summed E-state index contributed by atoms with van der Waals surface area (Å²) in [4.78, 5) is 19.2. The number of carbonyl (C=O) groups is 1. The van der Waals surface area contributed by atoms with Crippen molar-refractivity contribution in [2.75, 3.05) is 18.0 Å². The molecule has 0 N–H and O–H groups in total. The van der Waals surface area contributed by atoms with Crippen LogP contribution >= 0.6 is 11.6 Å². The van der Waals surface area contributed by atoms with Crippen LogP contribution in [0.5, 0.6) is 0 Å². The largest absolute Gasteiger partial charge is 0.459 e. The van der Waals surface area contributed by atoms with Crippen molar-refractivity contribution in [1.82, 2.24) is 14.8 Å². The lowest BCUT2D eigenvalue weighted by atomic mass is 10.1. The topological polar surface area (TPSA) is 60.2 Å². The Balaban J connectivity index is 1.34. The van der Waals surface area contributed by atoms with Crippen LogP contribution in [0.3, 0.4) is 0 Å². The number of halogens is 1. The Morgan fingerprint density at radius 3 is 2.63 bits per heavy atom. The smallest absolute Gasteiger partial charge is 0.338 e. The van der Waals surface area contributed by atoms with Gasteiger partial charge in [-0.25, -0.2) is 9.78 Å². The third-order valence-corrected chi connectivity index (χ3v) is 5.57. The molecule has 1 fully saturated rings. The summed E-state index contributed by atoms with van der Waals surface area (Å²) in [7, 11) is 0. The van der Waals surface area contributed by atoms with E-state index in [0.717, 1.165) is 48.7 Å². The number of hydrogen-bond donors (Lipinski definition) is 0. The molecule has 0 radical (unpaired) electrons. The monoisotopic (exact) mass is 424 g/mol. The second-order valence-electron chi connectivity index (χ2n) is 7.71. The molecule has 4 rings (SSSR count). The molecule has 7 heteroatoms. The predicted octanol–water partition coefficient (Wildman–Crippen LogP) is 4.42. The number of nitrogens with zero attached hydrogens (tertiary/aromatic N) is 4. The van der Waals surface area contributed by atoms with Gasteiger partial charge in [0.2, 0.25) is 0 Å². The van der Waals surface area contributed by atoms with Gasteiger partial charge in [-0.15, -0.1) is 0 Å². The summed E-state index contributed by atoms with van der Waals surface area (Å²) < 4.78 is 7.73. The van der Waals surface area contributed by atoms with E-state index in [-0.39, 0.29) is 12.1 Å². The highest BCUT2D eigenvalue weighted by Gasteiger charge is 2.23. The van der Waals surface area contributed by atoms with E-state index < -0.39 is 0 Å². The highest BCUT2D eigenvalue weighted by Crippen LogP contribution is 2.22. The fourth-order valence-electron chi connectivity index (χ4n) is 3.78. The second-order valence-corrected chi connectivity index (χ2v) is 8.15. The van der Waals surface area contributed by atoms with Crippen LogP contribution in [0, 0.1) is 13.8 Å². The van der Waals surface area contributed by atoms with Crippen LogP contribution in [-0.2, 0) is 11.3 Å². The average molecular weight is 425 g/mol. The van der Waals surface area contributed by atoms with Gasteiger partial charge in [-0.1, -0.05) is 23.7 Å². The van der Waals surface area contributed by atoms with E-state index in [1.807, 2.05) is 54.9 Å². The van der Waals surface area contributed by atoms with Crippen molar-refractivity contribution in [2.24, 2.45) is 0 Å². The number of aromatic nitrogens is 3. The highest BCUT2D eigenvalue weighted by atomic mass is 35.5. The number of anilines is 1. The number of aryl methyl sites for hydroxylation is 2. The zero-order chi connectivity index (χ0) is 21.1. The molecular formula is C23H25ClN4O2. The van der Waals surface area contributed by atoms with Crippen LogP contribution in [0.2, 0.25) is 5.02 Å². The lowest BCUT2D eigenvalue weighted by Gasteiger charge is -2.32. The molecule has 0 bridgehead atoms. The first-order valence-corrected chi connectivity index (χ1v) is 10.5. The Morgan fingerprint density at radius 1 is 1.17 bits per heavy atom. The van der Waals surface area contributed by atoms with E-state index in [9.17, 15) is 4.79 Å². The van der Waals surface area contributed by atoms with Crippen LogP contribution in [0.15, 0.2) is 48.7 Å². The van der Waals surface area contributed by atoms with Gasteiger partial charge < -0.3 is 9.64 Å². The number of benzene rings is 1. The Morgan fingerprint density at radius 2 is 1.97 bits per heavy atom. The summed E-state index contributed by atoms with van der Waals surface area (Å²) in [5.41, 5.74) is 3.70. The Kier molecular flexibility index (Phi) is 6.04. The Hall–Kier alpha value is -2.86. The molecule has 1 aliphatic heterocycles. The Bertz CT molecular complexity index is 1020. The van der Waals surface area contributed by atoms with E-state index in [2.05, 4.69) is 15.0 Å². The number of piperidine rings is 1. The Labute approximate surface area is 181 Å². The predicted molar refractivity (Wildman–Crippen MR) is 117 cm³/mol. The SMILES string of the molecule is Cc1cc(C)n(Cc2cccc(C(=O)OC3CCN(c4ccc(Cl)cn4)CC3)c2)n1. The molecule has 6 nitrogen and oxygen atoms in total. The standard InChI is InChI=1S/C23H25ClN4O2/c1-16-12-17(2)28(26-16)15-18-4-3-5-19(13-18)23(29)30-21-8-10-27(11-9-21)22-7-6-20(24)14-25-22/h3-7,12-14,21H,8-11,15H2,1-2H3. The van der Waals surface area contributed by atoms with Gasteiger partial charge in [0.25, 0.3) is 0 Å². The summed E-state index contributed by atoms with van der Waals surface area (Å²) >= 11 is 5.91. The molecule has 0 atom stereocenters. The van der Waals surface area contributed by atoms with Crippen molar-refractivity contribution in [3.63, 3.8) is 0 Å². The van der Waals surface area contributed by atoms with Crippen LogP contribution in [0.4, 0.5) is 5.82 Å². The third-order valence-electron chi connectivity index (χ3n) is 5.35. The molecular weight excluding hydrogens is 400 g/mol.